The third kappa shape index (κ3) is 1.41. The average molecular weight is 471 g/mol. The van der Waals surface area contributed by atoms with Crippen LogP contribution in [0.2, 0.25) is 0 Å². The zero-order valence-electron chi connectivity index (χ0n) is 8.52. The summed E-state index contributed by atoms with van der Waals surface area (Å²) < 4.78 is 45.1. The molecule has 4 rings (SSSR count). The van der Waals surface area contributed by atoms with Gasteiger partial charge < -0.3 is 0 Å². The Morgan fingerprint density at radius 3 is 1.61 bits per heavy atom. The molecule has 0 radical (unpaired) electrons. The van der Waals surface area contributed by atoms with Crippen molar-refractivity contribution in [3.63, 3.8) is 0 Å². The van der Waals surface area contributed by atoms with Gasteiger partial charge in [0.25, 0.3) is 0 Å². The molecule has 0 aliphatic heterocycles. The monoisotopic (exact) mass is 476 g/mol. The quantitative estimate of drug-likeness (QED) is 0.361. The summed E-state index contributed by atoms with van der Waals surface area (Å²) >= 11 is -1.79. The summed E-state index contributed by atoms with van der Waals surface area (Å²) in [5.41, 5.74) is 1.90. The van der Waals surface area contributed by atoms with Crippen LogP contribution in [0.1, 0.15) is 0 Å². The summed E-state index contributed by atoms with van der Waals surface area (Å²) in [4.78, 5) is 0. The molecule has 2 aromatic carbocycles. The van der Waals surface area contributed by atoms with Gasteiger partial charge in [-0.2, -0.15) is 0 Å². The first-order valence-electron chi connectivity index (χ1n) is 4.91. The van der Waals surface area contributed by atoms with E-state index in [1.54, 1.807) is 0 Å². The van der Waals surface area contributed by atoms with Crippen molar-refractivity contribution in [1.29, 1.82) is 0 Å². The Hall–Kier alpha value is -0.661. The molecule has 0 saturated carbocycles. The van der Waals surface area contributed by atoms with Crippen LogP contribution in [0.5, 0.6) is 0 Å². The van der Waals surface area contributed by atoms with Crippen molar-refractivity contribution in [3.05, 3.63) is 23.8 Å². The number of hydrogen-bond acceptors (Lipinski definition) is 4. The van der Waals surface area contributed by atoms with Gasteiger partial charge in [-0.25, -0.2) is 0 Å². The summed E-state index contributed by atoms with van der Waals surface area (Å²) in [7, 11) is 0. The van der Waals surface area contributed by atoms with Gasteiger partial charge in [0.05, 0.1) is 0 Å². The maximum absolute atomic E-state index is 14.1. The Balaban J connectivity index is 2.45. The normalized spacial score (nSPS) is 11.9. The van der Waals surface area contributed by atoms with Crippen LogP contribution in [0.25, 0.3) is 32.8 Å². The molecular formula is C10H2F2N4Te2. The fourth-order valence-corrected chi connectivity index (χ4v) is 5.06. The Labute approximate surface area is 119 Å². The van der Waals surface area contributed by atoms with Crippen molar-refractivity contribution in [1.82, 2.24) is 12.8 Å². The minimum atomic E-state index is -0.896. The zero-order valence-corrected chi connectivity index (χ0v) is 13.2. The van der Waals surface area contributed by atoms with Crippen LogP contribution in [-0.4, -0.2) is 54.8 Å². The number of fused-ring (bicyclic) bond motifs is 5. The number of aromatic nitrogens is 4. The molecule has 2 aromatic heterocycles. The molecule has 2 heterocycles. The molecule has 0 unspecified atom stereocenters. The predicted octanol–water partition coefficient (Wildman–Crippen LogP) is 1.12. The molecule has 88 valence electrons. The Morgan fingerprint density at radius 2 is 1.17 bits per heavy atom. The Morgan fingerprint density at radius 1 is 0.722 bits per heavy atom. The topological polar surface area (TPSA) is 51.6 Å². The molecule has 0 N–H and O–H groups in total. The van der Waals surface area contributed by atoms with Gasteiger partial charge in [-0.1, -0.05) is 0 Å². The summed E-state index contributed by atoms with van der Waals surface area (Å²) in [5.74, 6) is -0.970. The van der Waals surface area contributed by atoms with Gasteiger partial charge in [-0.05, 0) is 0 Å². The zero-order chi connectivity index (χ0) is 12.3. The van der Waals surface area contributed by atoms with Crippen LogP contribution in [0, 0.1) is 11.6 Å². The minimum absolute atomic E-state index is 0.211. The maximum atomic E-state index is 14.1. The third-order valence-corrected chi connectivity index (χ3v) is 5.85. The molecule has 0 saturated heterocycles. The van der Waals surface area contributed by atoms with Gasteiger partial charge in [0.1, 0.15) is 0 Å². The van der Waals surface area contributed by atoms with E-state index in [-0.39, 0.29) is 10.8 Å². The van der Waals surface area contributed by atoms with E-state index in [4.69, 9.17) is 0 Å². The van der Waals surface area contributed by atoms with Crippen LogP contribution in [0.3, 0.4) is 0 Å². The van der Waals surface area contributed by atoms with E-state index in [0.717, 1.165) is 0 Å². The molecule has 8 heteroatoms. The van der Waals surface area contributed by atoms with Crippen LogP contribution < -0.4 is 0 Å². The second-order valence-corrected chi connectivity index (χ2v) is 6.75. The average Bonchev–Trinajstić information content (AvgIpc) is 2.95. The second kappa shape index (κ2) is 3.91. The van der Waals surface area contributed by atoms with Gasteiger partial charge in [-0.15, -0.1) is 0 Å². The first kappa shape index (κ1) is 11.2. The number of halogens is 2. The fourth-order valence-electron chi connectivity index (χ4n) is 2.01. The van der Waals surface area contributed by atoms with E-state index in [1.165, 1.54) is 12.1 Å². The standard InChI is InChI=1S/C10H2F2N4Te2/c11-3-1-5-9(15-17-13-5)8-4(12)2-6-10(7(3)8)16-18-14-6/h1-2H. The number of rotatable bonds is 0. The summed E-state index contributed by atoms with van der Waals surface area (Å²) in [5, 5.41) is 0.423. The van der Waals surface area contributed by atoms with Gasteiger partial charge in [0.15, 0.2) is 0 Å². The van der Waals surface area contributed by atoms with E-state index < -0.39 is 53.6 Å². The van der Waals surface area contributed by atoms with E-state index in [9.17, 15) is 8.78 Å². The molecule has 0 fully saturated rings. The van der Waals surface area contributed by atoms with Crippen molar-refractivity contribution in [2.45, 2.75) is 0 Å². The first-order valence-corrected chi connectivity index (χ1v) is 9.08. The van der Waals surface area contributed by atoms with Crippen molar-refractivity contribution >= 4 is 74.8 Å². The van der Waals surface area contributed by atoms with Gasteiger partial charge >= 0.3 is 120 Å². The summed E-state index contributed by atoms with van der Waals surface area (Å²) in [6, 6.07) is 2.65. The van der Waals surface area contributed by atoms with Crippen LogP contribution in [0.4, 0.5) is 8.78 Å². The van der Waals surface area contributed by atoms with Crippen molar-refractivity contribution < 1.29 is 8.78 Å². The molecule has 0 bridgehead atoms. The van der Waals surface area contributed by atoms with E-state index in [1.807, 2.05) is 0 Å². The summed E-state index contributed by atoms with van der Waals surface area (Å²) in [6.07, 6.45) is 0. The molecule has 0 spiro atoms. The Bertz CT molecular complexity index is 839. The number of hydrogen-bond donors (Lipinski definition) is 0. The Kier molecular flexibility index (Phi) is 2.43. The van der Waals surface area contributed by atoms with Crippen molar-refractivity contribution in [2.75, 3.05) is 0 Å². The molecule has 4 aromatic rings. The molecular weight excluding hydrogens is 469 g/mol. The van der Waals surface area contributed by atoms with Crippen molar-refractivity contribution in [2.24, 2.45) is 0 Å². The van der Waals surface area contributed by atoms with Crippen molar-refractivity contribution in [3.8, 4) is 0 Å². The third-order valence-electron chi connectivity index (χ3n) is 2.76. The summed E-state index contributed by atoms with van der Waals surface area (Å²) in [6.45, 7) is 0. The molecule has 0 amide bonds. The molecule has 18 heavy (non-hydrogen) atoms. The molecule has 0 aliphatic rings. The van der Waals surface area contributed by atoms with Crippen LogP contribution >= 0.6 is 0 Å². The fraction of sp³-hybridized carbons (Fsp3) is 0. The van der Waals surface area contributed by atoms with E-state index in [0.29, 0.717) is 22.1 Å². The molecule has 0 aliphatic carbocycles. The van der Waals surface area contributed by atoms with Gasteiger partial charge in [0.2, 0.25) is 0 Å². The van der Waals surface area contributed by atoms with Crippen LogP contribution in [0.15, 0.2) is 12.1 Å². The SMILES string of the molecule is Fc1cc2n[te]nc2c2c(F)cc3n[te]nc3c12. The first-order chi connectivity index (χ1) is 8.75. The predicted molar refractivity (Wildman–Crippen MR) is 63.9 cm³/mol. The molecule has 0 atom stereocenters. The van der Waals surface area contributed by atoms with Crippen LogP contribution in [-0.2, 0) is 0 Å². The van der Waals surface area contributed by atoms with E-state index in [2.05, 4.69) is 12.8 Å². The van der Waals surface area contributed by atoms with Gasteiger partial charge in [-0.3, -0.25) is 0 Å². The number of nitrogens with zero attached hydrogens (tertiary/aromatic N) is 4. The molecule has 4 nitrogen and oxygen atoms in total. The van der Waals surface area contributed by atoms with E-state index >= 15 is 0 Å². The van der Waals surface area contributed by atoms with Gasteiger partial charge in [0, 0.05) is 0 Å². The second-order valence-electron chi connectivity index (χ2n) is 3.73. The number of benzene rings is 2.